The van der Waals surface area contributed by atoms with Crippen LogP contribution in [0.1, 0.15) is 53.2 Å². The van der Waals surface area contributed by atoms with Gasteiger partial charge in [-0.2, -0.15) is 0 Å². The van der Waals surface area contributed by atoms with Crippen LogP contribution < -0.4 is 4.74 Å². The molecule has 0 N–H and O–H groups in total. The van der Waals surface area contributed by atoms with Gasteiger partial charge in [-0.05, 0) is 39.7 Å². The lowest BCUT2D eigenvalue weighted by Gasteiger charge is -2.37. The van der Waals surface area contributed by atoms with E-state index in [2.05, 4.69) is 41.5 Å². The zero-order valence-electron chi connectivity index (χ0n) is 15.7. The maximum Gasteiger partial charge on any atom is 0.155 e. The quantitative estimate of drug-likeness (QED) is 0.732. The maximum atomic E-state index is 13.1. The minimum atomic E-state index is -1.03. The van der Waals surface area contributed by atoms with Crippen molar-refractivity contribution >= 4 is 10.8 Å². The molecule has 0 spiro atoms. The summed E-state index contributed by atoms with van der Waals surface area (Å²) in [6.45, 7) is 13.2. The van der Waals surface area contributed by atoms with Crippen molar-refractivity contribution in [3.8, 4) is 5.75 Å². The first-order chi connectivity index (χ1) is 11.1. The van der Waals surface area contributed by atoms with Crippen LogP contribution in [0.5, 0.6) is 5.75 Å². The molecule has 0 radical (unpaired) electrons. The molecule has 1 aromatic carbocycles. The number of benzene rings is 1. The van der Waals surface area contributed by atoms with Crippen LogP contribution in [0.2, 0.25) is 0 Å². The van der Waals surface area contributed by atoms with Gasteiger partial charge in [0.05, 0.1) is 23.2 Å². The Balaban J connectivity index is 2.11. The Kier molecular flexibility index (Phi) is 4.20. The molecule has 1 unspecified atom stereocenters. The molecule has 3 nitrogen and oxygen atoms in total. The molecule has 132 valence electrons. The molecule has 1 fully saturated rings. The third-order valence-electron chi connectivity index (χ3n) is 4.86. The highest BCUT2D eigenvalue weighted by Gasteiger charge is 2.57. The standard InChI is InChI=1S/C20H28O3S/c1-19(2,3)14-15(20(4,5)6)18-23-16(17(14)24(18)21)12-9-8-10-13(11-12)22-7/h8-11,16-18H,1-7H3/t16-,17+,18-,24?/m1/s1. The van der Waals surface area contributed by atoms with Gasteiger partial charge in [-0.15, -0.1) is 0 Å². The first-order valence-electron chi connectivity index (χ1n) is 8.49. The second-order valence-electron chi connectivity index (χ2n) is 8.74. The lowest BCUT2D eigenvalue weighted by Crippen LogP contribution is -2.32. The molecule has 4 heteroatoms. The van der Waals surface area contributed by atoms with Crippen molar-refractivity contribution < 1.29 is 13.7 Å². The highest BCUT2D eigenvalue weighted by atomic mass is 32.2. The third-order valence-corrected chi connectivity index (χ3v) is 6.61. The van der Waals surface area contributed by atoms with E-state index in [1.54, 1.807) is 7.11 Å². The van der Waals surface area contributed by atoms with Crippen molar-refractivity contribution in [2.24, 2.45) is 10.8 Å². The van der Waals surface area contributed by atoms with Crippen molar-refractivity contribution in [3.05, 3.63) is 41.0 Å². The lowest BCUT2D eigenvalue weighted by molar-refractivity contribution is 0.0471. The fraction of sp³-hybridized carbons (Fsp3) is 0.600. The largest absolute Gasteiger partial charge is 0.497 e. The first kappa shape index (κ1) is 17.7. The maximum absolute atomic E-state index is 13.1. The summed E-state index contributed by atoms with van der Waals surface area (Å²) in [7, 11) is 0.633. The zero-order valence-corrected chi connectivity index (χ0v) is 16.5. The molecule has 2 aliphatic heterocycles. The van der Waals surface area contributed by atoms with Crippen LogP contribution in [0.3, 0.4) is 0 Å². The number of methoxy groups -OCH3 is 1. The van der Waals surface area contributed by atoms with Crippen LogP contribution in [-0.4, -0.2) is 22.0 Å². The van der Waals surface area contributed by atoms with Gasteiger partial charge in [0.1, 0.15) is 11.9 Å². The molecule has 1 saturated heterocycles. The Morgan fingerprint density at radius 3 is 2.21 bits per heavy atom. The fourth-order valence-electron chi connectivity index (χ4n) is 3.91. The molecule has 1 aromatic rings. The Bertz CT molecular complexity index is 706. The molecule has 24 heavy (non-hydrogen) atoms. The van der Waals surface area contributed by atoms with Crippen LogP contribution >= 0.6 is 0 Å². The van der Waals surface area contributed by atoms with E-state index in [0.29, 0.717) is 0 Å². The number of ether oxygens (including phenoxy) is 2. The van der Waals surface area contributed by atoms with Gasteiger partial charge in [-0.1, -0.05) is 53.7 Å². The van der Waals surface area contributed by atoms with Crippen LogP contribution in [0.15, 0.2) is 35.4 Å². The summed E-state index contributed by atoms with van der Waals surface area (Å²) in [5, 5.41) is -0.0728. The number of rotatable bonds is 2. The molecule has 0 aromatic heterocycles. The molecule has 4 atom stereocenters. The van der Waals surface area contributed by atoms with E-state index in [9.17, 15) is 4.21 Å². The summed E-state index contributed by atoms with van der Waals surface area (Å²) in [6, 6.07) is 7.94. The normalized spacial score (nSPS) is 30.1. The van der Waals surface area contributed by atoms with Gasteiger partial charge in [0.25, 0.3) is 0 Å². The summed E-state index contributed by atoms with van der Waals surface area (Å²) in [6.07, 6.45) is -0.161. The predicted octanol–water partition coefficient (Wildman–Crippen LogP) is 4.61. The van der Waals surface area contributed by atoms with E-state index in [-0.39, 0.29) is 27.6 Å². The van der Waals surface area contributed by atoms with Crippen LogP contribution in [-0.2, 0) is 15.5 Å². The smallest absolute Gasteiger partial charge is 0.155 e. The second-order valence-corrected chi connectivity index (χ2v) is 10.3. The van der Waals surface area contributed by atoms with Gasteiger partial charge in [0.15, 0.2) is 5.44 Å². The van der Waals surface area contributed by atoms with Gasteiger partial charge in [0, 0.05) is 0 Å². The average Bonchev–Trinajstić information content (AvgIpc) is 2.97. The van der Waals surface area contributed by atoms with Crippen molar-refractivity contribution in [1.29, 1.82) is 0 Å². The van der Waals surface area contributed by atoms with Gasteiger partial charge in [0.2, 0.25) is 0 Å². The van der Waals surface area contributed by atoms with Gasteiger partial charge in [-0.3, -0.25) is 4.21 Å². The zero-order chi connectivity index (χ0) is 17.9. The van der Waals surface area contributed by atoms with E-state index in [1.165, 1.54) is 11.1 Å². The monoisotopic (exact) mass is 348 g/mol. The topological polar surface area (TPSA) is 35.5 Å². The number of hydrogen-bond donors (Lipinski definition) is 0. The summed E-state index contributed by atoms with van der Waals surface area (Å²) in [5.41, 5.74) is 3.23. The summed E-state index contributed by atoms with van der Waals surface area (Å²) in [4.78, 5) is 0. The van der Waals surface area contributed by atoms with E-state index < -0.39 is 10.8 Å². The fourth-order valence-corrected chi connectivity index (χ4v) is 6.29. The van der Waals surface area contributed by atoms with Crippen LogP contribution in [0.4, 0.5) is 0 Å². The summed E-state index contributed by atoms with van der Waals surface area (Å²) in [5.74, 6) is 0.807. The minimum absolute atomic E-state index is 0.0292. The first-order valence-corrected chi connectivity index (χ1v) is 9.77. The highest BCUT2D eigenvalue weighted by molar-refractivity contribution is 7.87. The van der Waals surface area contributed by atoms with E-state index in [4.69, 9.17) is 9.47 Å². The molecule has 3 rings (SSSR count). The summed E-state index contributed by atoms with van der Waals surface area (Å²) < 4.78 is 24.8. The van der Waals surface area contributed by atoms with E-state index in [1.807, 2.05) is 24.3 Å². The Hall–Kier alpha value is -1.13. The SMILES string of the molecule is COc1cccc([C@H]2O[C@H]3C(C(C)(C)C)=C(C(C)(C)C)[C@@H]2S3=O)c1. The van der Waals surface area contributed by atoms with Gasteiger partial charge < -0.3 is 9.47 Å². The average molecular weight is 349 g/mol. The van der Waals surface area contributed by atoms with E-state index >= 15 is 0 Å². The van der Waals surface area contributed by atoms with E-state index in [0.717, 1.165) is 11.3 Å². The third kappa shape index (κ3) is 2.74. The van der Waals surface area contributed by atoms with Gasteiger partial charge >= 0.3 is 0 Å². The molecule has 2 heterocycles. The van der Waals surface area contributed by atoms with Crippen molar-refractivity contribution in [3.63, 3.8) is 0 Å². The lowest BCUT2D eigenvalue weighted by atomic mass is 9.72. The molecule has 2 bridgehead atoms. The molecule has 0 amide bonds. The molecular formula is C20H28O3S. The number of hydrogen-bond acceptors (Lipinski definition) is 3. The predicted molar refractivity (Wildman–Crippen MR) is 98.5 cm³/mol. The van der Waals surface area contributed by atoms with Crippen molar-refractivity contribution in [2.75, 3.05) is 7.11 Å². The summed E-state index contributed by atoms with van der Waals surface area (Å²) >= 11 is 0. The van der Waals surface area contributed by atoms with Crippen molar-refractivity contribution in [2.45, 2.75) is 58.3 Å². The minimum Gasteiger partial charge on any atom is -0.497 e. The van der Waals surface area contributed by atoms with Crippen LogP contribution in [0.25, 0.3) is 0 Å². The number of fused-ring (bicyclic) bond motifs is 2. The molecule has 2 aliphatic rings. The second kappa shape index (κ2) is 5.70. The van der Waals surface area contributed by atoms with Crippen LogP contribution in [0, 0.1) is 10.8 Å². The molecule has 0 saturated carbocycles. The molecule has 0 aliphatic carbocycles. The molecular weight excluding hydrogens is 320 g/mol. The highest BCUT2D eigenvalue weighted by Crippen LogP contribution is 2.57. The Morgan fingerprint density at radius 1 is 1.04 bits per heavy atom. The van der Waals surface area contributed by atoms with Gasteiger partial charge in [-0.25, -0.2) is 0 Å². The van der Waals surface area contributed by atoms with Crippen molar-refractivity contribution in [1.82, 2.24) is 0 Å². The Morgan fingerprint density at radius 2 is 1.67 bits per heavy atom. The Labute approximate surface area is 147 Å².